The molecule has 7 nitrogen and oxygen atoms in total. The van der Waals surface area contributed by atoms with Gasteiger partial charge in [0.25, 0.3) is 0 Å². The van der Waals surface area contributed by atoms with E-state index in [0.29, 0.717) is 12.3 Å². The van der Waals surface area contributed by atoms with Crippen molar-refractivity contribution in [2.45, 2.75) is 11.4 Å². The van der Waals surface area contributed by atoms with Crippen molar-refractivity contribution in [1.29, 1.82) is 0 Å². The Kier molecular flexibility index (Phi) is 7.29. The van der Waals surface area contributed by atoms with E-state index in [-0.39, 0.29) is 22.4 Å². The predicted octanol–water partition coefficient (Wildman–Crippen LogP) is 2.64. The Balaban J connectivity index is 2.05. The predicted molar refractivity (Wildman–Crippen MR) is 107 cm³/mol. The third-order valence-corrected chi connectivity index (χ3v) is 6.29. The summed E-state index contributed by atoms with van der Waals surface area (Å²) in [6.07, 6.45) is 0. The molecule has 152 valence electrons. The zero-order chi connectivity index (χ0) is 20.9. The highest BCUT2D eigenvalue weighted by Gasteiger charge is 2.25. The summed E-state index contributed by atoms with van der Waals surface area (Å²) in [6, 6.07) is 11.5. The lowest BCUT2D eigenvalue weighted by Crippen LogP contribution is -2.39. The molecule has 0 radical (unpaired) electrons. The van der Waals surface area contributed by atoms with Crippen LogP contribution in [0.4, 0.5) is 0 Å². The highest BCUT2D eigenvalue weighted by atomic mass is 35.5. The Morgan fingerprint density at radius 2 is 1.68 bits per heavy atom. The molecule has 0 aliphatic rings. The van der Waals surface area contributed by atoms with Crippen molar-refractivity contribution in [2.75, 3.05) is 34.9 Å². The van der Waals surface area contributed by atoms with Crippen LogP contribution in [0.15, 0.2) is 47.4 Å². The molecule has 2 aromatic carbocycles. The zero-order valence-electron chi connectivity index (χ0n) is 16.2. The van der Waals surface area contributed by atoms with E-state index in [1.807, 2.05) is 12.1 Å². The lowest BCUT2D eigenvalue weighted by molar-refractivity contribution is -0.130. The van der Waals surface area contributed by atoms with E-state index < -0.39 is 10.0 Å². The minimum Gasteiger partial charge on any atom is -0.497 e. The van der Waals surface area contributed by atoms with E-state index in [0.717, 1.165) is 15.6 Å². The number of hydrogen-bond acceptors (Lipinski definition) is 5. The van der Waals surface area contributed by atoms with Gasteiger partial charge in [0.15, 0.2) is 0 Å². The average Bonchev–Trinajstić information content (AvgIpc) is 2.68. The van der Waals surface area contributed by atoms with Crippen molar-refractivity contribution in [3.63, 3.8) is 0 Å². The summed E-state index contributed by atoms with van der Waals surface area (Å²) in [6.45, 7) is 0.0592. The van der Waals surface area contributed by atoms with Gasteiger partial charge in [0.05, 0.1) is 30.7 Å². The largest absolute Gasteiger partial charge is 0.497 e. The third kappa shape index (κ3) is 5.15. The van der Waals surface area contributed by atoms with Gasteiger partial charge < -0.3 is 14.4 Å². The van der Waals surface area contributed by atoms with Crippen LogP contribution in [-0.4, -0.2) is 58.4 Å². The van der Waals surface area contributed by atoms with E-state index >= 15 is 0 Å². The number of sulfonamides is 1. The number of hydrogen-bond donors (Lipinski definition) is 0. The Bertz CT molecular complexity index is 932. The molecule has 2 rings (SSSR count). The molecule has 0 aliphatic heterocycles. The maximum atomic E-state index is 12.7. The first-order valence-electron chi connectivity index (χ1n) is 8.35. The number of methoxy groups -OCH3 is 2. The van der Waals surface area contributed by atoms with E-state index in [4.69, 9.17) is 21.1 Å². The van der Waals surface area contributed by atoms with Crippen LogP contribution < -0.4 is 9.47 Å². The van der Waals surface area contributed by atoms with Gasteiger partial charge in [-0.25, -0.2) is 8.42 Å². The monoisotopic (exact) mass is 426 g/mol. The number of rotatable bonds is 8. The smallest absolute Gasteiger partial charge is 0.243 e. The lowest BCUT2D eigenvalue weighted by atomic mass is 10.2. The molecule has 1 amide bonds. The van der Waals surface area contributed by atoms with Crippen LogP contribution in [0.2, 0.25) is 5.02 Å². The standard InChI is InChI=1S/C19H23ClN2O5S/c1-21(12-14-5-7-15(26-3)8-6-14)19(23)13-22(2)28(24,25)16-9-10-18(27-4)17(20)11-16/h5-11H,12-13H2,1-4H3. The summed E-state index contributed by atoms with van der Waals surface area (Å²) in [5, 5.41) is 0.180. The molecule has 9 heteroatoms. The van der Waals surface area contributed by atoms with Gasteiger partial charge in [-0.15, -0.1) is 0 Å². The summed E-state index contributed by atoms with van der Waals surface area (Å²) in [4.78, 5) is 13.9. The zero-order valence-corrected chi connectivity index (χ0v) is 17.7. The van der Waals surface area contributed by atoms with Crippen LogP contribution in [0.5, 0.6) is 11.5 Å². The molecule has 0 saturated heterocycles. The van der Waals surface area contributed by atoms with Crippen LogP contribution in [-0.2, 0) is 21.4 Å². The fraction of sp³-hybridized carbons (Fsp3) is 0.316. The number of benzene rings is 2. The molecule has 0 aromatic heterocycles. The van der Waals surface area contributed by atoms with E-state index in [1.165, 1.54) is 37.3 Å². The second kappa shape index (κ2) is 9.27. The molecule has 0 unspecified atom stereocenters. The van der Waals surface area contributed by atoms with Crippen LogP contribution in [0.25, 0.3) is 0 Å². The van der Waals surface area contributed by atoms with Gasteiger partial charge in [-0.1, -0.05) is 23.7 Å². The summed E-state index contributed by atoms with van der Waals surface area (Å²) < 4.78 is 36.6. The van der Waals surface area contributed by atoms with Crippen molar-refractivity contribution in [2.24, 2.45) is 0 Å². The van der Waals surface area contributed by atoms with Gasteiger partial charge >= 0.3 is 0 Å². The second-order valence-electron chi connectivity index (χ2n) is 6.16. The highest BCUT2D eigenvalue weighted by Crippen LogP contribution is 2.28. The summed E-state index contributed by atoms with van der Waals surface area (Å²) in [5.74, 6) is 0.766. The molecule has 2 aromatic rings. The highest BCUT2D eigenvalue weighted by molar-refractivity contribution is 7.89. The van der Waals surface area contributed by atoms with Gasteiger partial charge in [0.2, 0.25) is 15.9 Å². The molecule has 0 atom stereocenters. The average molecular weight is 427 g/mol. The lowest BCUT2D eigenvalue weighted by Gasteiger charge is -2.22. The number of nitrogens with zero attached hydrogens (tertiary/aromatic N) is 2. The molecule has 28 heavy (non-hydrogen) atoms. The van der Waals surface area contributed by atoms with Gasteiger partial charge in [-0.2, -0.15) is 4.31 Å². The molecular weight excluding hydrogens is 404 g/mol. The van der Waals surface area contributed by atoms with Crippen LogP contribution in [0, 0.1) is 0 Å². The summed E-state index contributed by atoms with van der Waals surface area (Å²) >= 11 is 6.02. The molecule has 0 spiro atoms. The SMILES string of the molecule is COc1ccc(CN(C)C(=O)CN(C)S(=O)(=O)c2ccc(OC)c(Cl)c2)cc1. The Labute approximate surface area is 170 Å². The van der Waals surface area contributed by atoms with Crippen molar-refractivity contribution in [3.8, 4) is 11.5 Å². The fourth-order valence-corrected chi connectivity index (χ4v) is 3.95. The van der Waals surface area contributed by atoms with Gasteiger partial charge in [-0.3, -0.25) is 4.79 Å². The first-order valence-corrected chi connectivity index (χ1v) is 10.2. The van der Waals surface area contributed by atoms with Crippen molar-refractivity contribution >= 4 is 27.5 Å². The van der Waals surface area contributed by atoms with Gasteiger partial charge in [0.1, 0.15) is 11.5 Å². The first kappa shape index (κ1) is 22.0. The quantitative estimate of drug-likeness (QED) is 0.648. The van der Waals surface area contributed by atoms with Crippen molar-refractivity contribution in [3.05, 3.63) is 53.1 Å². The van der Waals surface area contributed by atoms with Crippen LogP contribution in [0.3, 0.4) is 0 Å². The number of halogens is 1. The minimum atomic E-state index is -3.87. The molecular formula is C19H23ClN2O5S. The summed E-state index contributed by atoms with van der Waals surface area (Å²) in [5.41, 5.74) is 0.907. The van der Waals surface area contributed by atoms with E-state index in [2.05, 4.69) is 0 Å². The Hall–Kier alpha value is -2.29. The number of amides is 1. The normalized spacial score (nSPS) is 11.4. The number of carbonyl (C=O) groups is 1. The van der Waals surface area contributed by atoms with E-state index in [9.17, 15) is 13.2 Å². The second-order valence-corrected chi connectivity index (χ2v) is 8.61. The molecule has 0 N–H and O–H groups in total. The Morgan fingerprint density at radius 1 is 1.04 bits per heavy atom. The van der Waals surface area contributed by atoms with Crippen LogP contribution in [0.1, 0.15) is 5.56 Å². The third-order valence-electron chi connectivity index (χ3n) is 4.19. The first-order chi connectivity index (χ1) is 13.2. The molecule has 0 aliphatic carbocycles. The maximum absolute atomic E-state index is 12.7. The number of likely N-dealkylation sites (N-methyl/N-ethyl adjacent to an activating group) is 2. The van der Waals surface area contributed by atoms with Crippen LogP contribution >= 0.6 is 11.6 Å². The minimum absolute atomic E-state index is 0.00796. The summed E-state index contributed by atoms with van der Waals surface area (Å²) in [7, 11) is 2.13. The number of carbonyl (C=O) groups excluding carboxylic acids is 1. The maximum Gasteiger partial charge on any atom is 0.243 e. The molecule has 0 saturated carbocycles. The molecule has 0 fully saturated rings. The van der Waals surface area contributed by atoms with Gasteiger partial charge in [0, 0.05) is 20.6 Å². The topological polar surface area (TPSA) is 76.2 Å². The molecule has 0 bridgehead atoms. The molecule has 0 heterocycles. The van der Waals surface area contributed by atoms with Gasteiger partial charge in [-0.05, 0) is 35.9 Å². The fourth-order valence-electron chi connectivity index (χ4n) is 2.48. The van der Waals surface area contributed by atoms with Crippen molar-refractivity contribution in [1.82, 2.24) is 9.21 Å². The van der Waals surface area contributed by atoms with Crippen molar-refractivity contribution < 1.29 is 22.7 Å². The Morgan fingerprint density at radius 3 is 2.21 bits per heavy atom. The van der Waals surface area contributed by atoms with E-state index in [1.54, 1.807) is 26.3 Å². The number of ether oxygens (including phenoxy) is 2.